The Morgan fingerprint density at radius 2 is 2.17 bits per heavy atom. The third-order valence-electron chi connectivity index (χ3n) is 2.01. The maximum Gasteiger partial charge on any atom is 0.387 e. The summed E-state index contributed by atoms with van der Waals surface area (Å²) in [5, 5.41) is 5.10. The minimum Gasteiger partial charge on any atom is -0.497 e. The summed E-state index contributed by atoms with van der Waals surface area (Å²) in [5.74, 6) is -0.0588. The normalized spacial score (nSPS) is 10.3. The van der Waals surface area contributed by atoms with Gasteiger partial charge in [-0.1, -0.05) is 0 Å². The Hall–Kier alpha value is -1.89. The van der Waals surface area contributed by atoms with Crippen LogP contribution >= 0.6 is 0 Å². The number of carbonyl (C=O) groups excluding carboxylic acids is 1. The highest BCUT2D eigenvalue weighted by molar-refractivity contribution is 5.93. The number of hydrogen-bond acceptors (Lipinski definition) is 4. The number of nitrogens with one attached hydrogen (secondary N) is 2. The van der Waals surface area contributed by atoms with Gasteiger partial charge in [0.2, 0.25) is 5.91 Å². The second kappa shape index (κ2) is 6.75. The molecule has 1 rings (SSSR count). The van der Waals surface area contributed by atoms with E-state index in [1.54, 1.807) is 7.05 Å². The van der Waals surface area contributed by atoms with E-state index >= 15 is 0 Å². The van der Waals surface area contributed by atoms with E-state index in [9.17, 15) is 13.6 Å². The molecular weight excluding hydrogens is 246 g/mol. The van der Waals surface area contributed by atoms with Crippen LogP contribution < -0.4 is 20.1 Å². The van der Waals surface area contributed by atoms with Gasteiger partial charge in [0.05, 0.1) is 19.3 Å². The predicted molar refractivity (Wildman–Crippen MR) is 62.2 cm³/mol. The summed E-state index contributed by atoms with van der Waals surface area (Å²) >= 11 is 0. The third-order valence-corrected chi connectivity index (χ3v) is 2.01. The van der Waals surface area contributed by atoms with Gasteiger partial charge in [-0.3, -0.25) is 4.79 Å². The lowest BCUT2D eigenvalue weighted by atomic mass is 10.2. The van der Waals surface area contributed by atoms with E-state index in [0.717, 1.165) is 0 Å². The van der Waals surface area contributed by atoms with Gasteiger partial charge in [-0.2, -0.15) is 8.78 Å². The lowest BCUT2D eigenvalue weighted by Gasteiger charge is -2.13. The second-order valence-electron chi connectivity index (χ2n) is 3.32. The van der Waals surface area contributed by atoms with Gasteiger partial charge < -0.3 is 20.1 Å². The largest absolute Gasteiger partial charge is 0.497 e. The molecule has 0 fully saturated rings. The van der Waals surface area contributed by atoms with Crippen molar-refractivity contribution in [1.29, 1.82) is 0 Å². The van der Waals surface area contributed by atoms with Crippen LogP contribution in [-0.4, -0.2) is 33.2 Å². The van der Waals surface area contributed by atoms with E-state index in [1.807, 2.05) is 0 Å². The number of ether oxygens (including phenoxy) is 2. The van der Waals surface area contributed by atoms with E-state index in [2.05, 4.69) is 15.4 Å². The van der Waals surface area contributed by atoms with Gasteiger partial charge in [-0.25, -0.2) is 0 Å². The van der Waals surface area contributed by atoms with Gasteiger partial charge >= 0.3 is 6.61 Å². The first-order chi connectivity index (χ1) is 8.56. The second-order valence-corrected chi connectivity index (χ2v) is 3.32. The highest BCUT2D eigenvalue weighted by Crippen LogP contribution is 2.30. The molecule has 0 bridgehead atoms. The highest BCUT2D eigenvalue weighted by atomic mass is 19.3. The average Bonchev–Trinajstić information content (AvgIpc) is 2.31. The molecule has 2 N–H and O–H groups in total. The molecule has 0 aliphatic heterocycles. The van der Waals surface area contributed by atoms with Gasteiger partial charge in [0.1, 0.15) is 11.5 Å². The van der Waals surface area contributed by atoms with Gasteiger partial charge in [0, 0.05) is 6.07 Å². The summed E-state index contributed by atoms with van der Waals surface area (Å²) in [4.78, 5) is 11.4. The molecule has 7 heteroatoms. The topological polar surface area (TPSA) is 59.6 Å². The molecule has 0 spiro atoms. The number of anilines is 1. The van der Waals surface area contributed by atoms with Crippen LogP contribution in [-0.2, 0) is 4.79 Å². The van der Waals surface area contributed by atoms with Crippen LogP contribution in [0.4, 0.5) is 14.5 Å². The number of hydrogen-bond donors (Lipinski definition) is 2. The van der Waals surface area contributed by atoms with Gasteiger partial charge in [0.25, 0.3) is 0 Å². The summed E-state index contributed by atoms with van der Waals surface area (Å²) in [5.41, 5.74) is 0.134. The highest BCUT2D eigenvalue weighted by Gasteiger charge is 2.12. The van der Waals surface area contributed by atoms with Crippen LogP contribution in [0, 0.1) is 0 Å². The maximum atomic E-state index is 12.2. The number of carbonyl (C=O) groups is 1. The summed E-state index contributed by atoms with van der Waals surface area (Å²) in [6.07, 6.45) is 0. The summed E-state index contributed by atoms with van der Waals surface area (Å²) in [7, 11) is 3.03. The predicted octanol–water partition coefficient (Wildman–Crippen LogP) is 1.45. The Morgan fingerprint density at radius 1 is 1.44 bits per heavy atom. The van der Waals surface area contributed by atoms with Crippen molar-refractivity contribution in [2.24, 2.45) is 0 Å². The first-order valence-electron chi connectivity index (χ1n) is 5.14. The quantitative estimate of drug-likeness (QED) is 0.813. The molecule has 1 aromatic carbocycles. The number of benzene rings is 1. The first-order valence-corrected chi connectivity index (χ1v) is 5.14. The van der Waals surface area contributed by atoms with E-state index in [1.165, 1.54) is 25.3 Å². The number of amides is 1. The molecule has 0 aliphatic carbocycles. The Kier molecular flexibility index (Phi) is 5.31. The van der Waals surface area contributed by atoms with Crippen molar-refractivity contribution in [2.45, 2.75) is 6.61 Å². The van der Waals surface area contributed by atoms with Crippen molar-refractivity contribution >= 4 is 11.6 Å². The minimum atomic E-state index is -2.96. The number of likely N-dealkylation sites (N-methyl/N-ethyl adjacent to an activating group) is 1. The molecule has 18 heavy (non-hydrogen) atoms. The van der Waals surface area contributed by atoms with E-state index in [-0.39, 0.29) is 23.9 Å². The third kappa shape index (κ3) is 4.17. The molecule has 1 amide bonds. The molecule has 0 aromatic heterocycles. The van der Waals surface area contributed by atoms with Crippen molar-refractivity contribution in [1.82, 2.24) is 5.32 Å². The van der Waals surface area contributed by atoms with E-state index in [4.69, 9.17) is 4.74 Å². The molecule has 5 nitrogen and oxygen atoms in total. The van der Waals surface area contributed by atoms with Gasteiger partial charge in [-0.15, -0.1) is 0 Å². The molecule has 0 heterocycles. The van der Waals surface area contributed by atoms with Crippen LogP contribution in [0.1, 0.15) is 0 Å². The minimum absolute atomic E-state index is 0.0608. The van der Waals surface area contributed by atoms with E-state index < -0.39 is 6.61 Å². The standard InChI is InChI=1S/C11H14F2N2O3/c1-14-6-10(16)15-8-5-7(17-2)3-4-9(8)18-11(12)13/h3-5,11,14H,6H2,1-2H3,(H,15,16). The van der Waals surface area contributed by atoms with Crippen molar-refractivity contribution in [3.63, 3.8) is 0 Å². The lowest BCUT2D eigenvalue weighted by Crippen LogP contribution is -2.25. The zero-order chi connectivity index (χ0) is 13.5. The summed E-state index contributed by atoms with van der Waals surface area (Å²) < 4.78 is 33.6. The molecule has 0 atom stereocenters. The number of alkyl halides is 2. The fourth-order valence-electron chi connectivity index (χ4n) is 1.29. The SMILES string of the molecule is CNCC(=O)Nc1cc(OC)ccc1OC(F)F. The molecular formula is C11H14F2N2O3. The smallest absolute Gasteiger partial charge is 0.387 e. The maximum absolute atomic E-state index is 12.2. The fraction of sp³-hybridized carbons (Fsp3) is 0.364. The number of halogens is 2. The fourth-order valence-corrected chi connectivity index (χ4v) is 1.29. The van der Waals surface area contributed by atoms with Crippen molar-refractivity contribution in [2.75, 3.05) is 26.0 Å². The Bertz CT molecular complexity index is 413. The summed E-state index contributed by atoms with van der Waals surface area (Å²) in [6, 6.07) is 4.18. The van der Waals surface area contributed by atoms with Gasteiger partial charge in [-0.05, 0) is 19.2 Å². The van der Waals surface area contributed by atoms with Crippen LogP contribution in [0.2, 0.25) is 0 Å². The molecule has 0 saturated heterocycles. The van der Waals surface area contributed by atoms with Crippen LogP contribution in [0.5, 0.6) is 11.5 Å². The Balaban J connectivity index is 2.92. The Morgan fingerprint density at radius 3 is 2.72 bits per heavy atom. The van der Waals surface area contributed by atoms with Crippen LogP contribution in [0.3, 0.4) is 0 Å². The molecule has 0 unspecified atom stereocenters. The molecule has 0 saturated carbocycles. The van der Waals surface area contributed by atoms with Gasteiger partial charge in [0.15, 0.2) is 0 Å². The summed E-state index contributed by atoms with van der Waals surface area (Å²) in [6.45, 7) is -2.90. The first kappa shape index (κ1) is 14.2. The average molecular weight is 260 g/mol. The lowest BCUT2D eigenvalue weighted by molar-refractivity contribution is -0.115. The van der Waals surface area contributed by atoms with E-state index in [0.29, 0.717) is 5.75 Å². The van der Waals surface area contributed by atoms with Crippen molar-refractivity contribution in [3.05, 3.63) is 18.2 Å². The zero-order valence-electron chi connectivity index (χ0n) is 10.00. The molecule has 0 aliphatic rings. The van der Waals surface area contributed by atoms with Crippen LogP contribution in [0.25, 0.3) is 0 Å². The molecule has 0 radical (unpaired) electrons. The molecule has 100 valence electrons. The number of methoxy groups -OCH3 is 1. The Labute approximate surface area is 103 Å². The van der Waals surface area contributed by atoms with Crippen molar-refractivity contribution < 1.29 is 23.0 Å². The molecule has 1 aromatic rings. The van der Waals surface area contributed by atoms with Crippen LogP contribution in [0.15, 0.2) is 18.2 Å². The zero-order valence-corrected chi connectivity index (χ0v) is 10.00. The van der Waals surface area contributed by atoms with Crippen molar-refractivity contribution in [3.8, 4) is 11.5 Å². The monoisotopic (exact) mass is 260 g/mol. The number of rotatable bonds is 6.